The highest BCUT2D eigenvalue weighted by Crippen LogP contribution is 2.30. The summed E-state index contributed by atoms with van der Waals surface area (Å²) in [4.78, 5) is 17.7. The first-order valence-corrected chi connectivity index (χ1v) is 5.10. The minimum absolute atomic E-state index is 0.230. The number of amides is 1. The van der Waals surface area contributed by atoms with E-state index in [0.29, 0.717) is 6.07 Å². The van der Waals surface area contributed by atoms with Gasteiger partial charge in [-0.05, 0) is 25.4 Å². The fraction of sp³-hybridized carbons (Fsp3) is 0.444. The number of hydrogen-bond donors (Lipinski definition) is 2. The molecule has 0 aromatic carbocycles. The molecule has 0 fully saturated rings. The van der Waals surface area contributed by atoms with Gasteiger partial charge in [-0.15, -0.1) is 0 Å². The van der Waals surface area contributed by atoms with Crippen molar-refractivity contribution in [2.75, 3.05) is 5.32 Å². The van der Waals surface area contributed by atoms with Crippen LogP contribution in [0.1, 0.15) is 19.5 Å². The summed E-state index contributed by atoms with van der Waals surface area (Å²) in [6.45, 7) is 2.80. The number of nitrogens with zero attached hydrogens (tertiary/aromatic N) is 2. The van der Waals surface area contributed by atoms with E-state index in [4.69, 9.17) is 17.3 Å². The molecule has 0 aliphatic heterocycles. The number of carbonyl (C=O) groups excluding carboxylic acids is 1. The highest BCUT2D eigenvalue weighted by molar-refractivity contribution is 6.28. The molecule has 0 spiro atoms. The van der Waals surface area contributed by atoms with Crippen molar-refractivity contribution in [2.45, 2.75) is 25.6 Å². The quantitative estimate of drug-likeness (QED) is 0.829. The van der Waals surface area contributed by atoms with Crippen molar-refractivity contribution >= 4 is 23.3 Å². The van der Waals surface area contributed by atoms with Gasteiger partial charge in [0.2, 0.25) is 11.2 Å². The zero-order valence-electron chi connectivity index (χ0n) is 9.47. The lowest BCUT2D eigenvalue weighted by Crippen LogP contribution is -2.45. The Kier molecular flexibility index (Phi) is 3.70. The molecule has 0 unspecified atom stereocenters. The molecule has 0 atom stereocenters. The Bertz CT molecular complexity index is 475. The van der Waals surface area contributed by atoms with Crippen molar-refractivity contribution in [3.05, 3.63) is 17.0 Å². The average molecular weight is 283 g/mol. The Labute approximate surface area is 106 Å². The number of aromatic nitrogens is 2. The van der Waals surface area contributed by atoms with Gasteiger partial charge in [0.15, 0.2) is 5.69 Å². The smallest absolute Gasteiger partial charge is 0.368 e. The lowest BCUT2D eigenvalue weighted by atomic mass is 10.1. The zero-order valence-corrected chi connectivity index (χ0v) is 10.2. The molecule has 0 bridgehead atoms. The van der Waals surface area contributed by atoms with Crippen molar-refractivity contribution in [1.29, 1.82) is 0 Å². The predicted molar refractivity (Wildman–Crippen MR) is 58.9 cm³/mol. The molecule has 3 N–H and O–H groups in total. The second-order valence-electron chi connectivity index (χ2n) is 4.02. The number of primary amides is 1. The monoisotopic (exact) mass is 282 g/mol. The van der Waals surface area contributed by atoms with Gasteiger partial charge in [-0.25, -0.2) is 9.97 Å². The third-order valence-corrected chi connectivity index (χ3v) is 2.21. The van der Waals surface area contributed by atoms with E-state index in [1.54, 1.807) is 0 Å². The molecule has 18 heavy (non-hydrogen) atoms. The van der Waals surface area contributed by atoms with Crippen LogP contribution in [-0.2, 0) is 11.0 Å². The van der Waals surface area contributed by atoms with Crippen LogP contribution < -0.4 is 11.1 Å². The normalized spacial score (nSPS) is 12.3. The van der Waals surface area contributed by atoms with Crippen molar-refractivity contribution in [3.63, 3.8) is 0 Å². The molecule has 0 radical (unpaired) electrons. The van der Waals surface area contributed by atoms with Crippen molar-refractivity contribution in [3.8, 4) is 0 Å². The van der Waals surface area contributed by atoms with E-state index in [2.05, 4.69) is 15.3 Å². The first kappa shape index (κ1) is 14.5. The van der Waals surface area contributed by atoms with E-state index in [1.807, 2.05) is 0 Å². The average Bonchev–Trinajstić information content (AvgIpc) is 2.13. The Hall–Kier alpha value is -1.57. The molecule has 0 aliphatic rings. The molecule has 0 aliphatic carbocycles. The third kappa shape index (κ3) is 3.46. The minimum Gasteiger partial charge on any atom is -0.368 e. The molecule has 0 saturated carbocycles. The van der Waals surface area contributed by atoms with E-state index < -0.39 is 28.6 Å². The Morgan fingerprint density at radius 3 is 2.39 bits per heavy atom. The fourth-order valence-electron chi connectivity index (χ4n) is 1.01. The summed E-state index contributed by atoms with van der Waals surface area (Å²) in [5.74, 6) is -0.975. The van der Waals surface area contributed by atoms with Crippen molar-refractivity contribution < 1.29 is 18.0 Å². The van der Waals surface area contributed by atoms with Crippen LogP contribution in [0, 0.1) is 0 Å². The van der Waals surface area contributed by atoms with Crippen LogP contribution in [0.15, 0.2) is 6.07 Å². The van der Waals surface area contributed by atoms with Gasteiger partial charge in [0.05, 0.1) is 0 Å². The largest absolute Gasteiger partial charge is 0.433 e. The summed E-state index contributed by atoms with van der Waals surface area (Å²) in [5.41, 5.74) is 2.61. The fourth-order valence-corrected chi connectivity index (χ4v) is 1.19. The molecule has 9 heteroatoms. The number of halogens is 4. The number of hydrogen-bond acceptors (Lipinski definition) is 4. The summed E-state index contributed by atoms with van der Waals surface area (Å²) in [6.07, 6.45) is -4.65. The third-order valence-electron chi connectivity index (χ3n) is 2.05. The second-order valence-corrected chi connectivity index (χ2v) is 4.36. The van der Waals surface area contributed by atoms with E-state index in [0.717, 1.165) is 0 Å². The molecule has 1 rings (SSSR count). The number of anilines is 1. The van der Waals surface area contributed by atoms with E-state index in [1.165, 1.54) is 13.8 Å². The van der Waals surface area contributed by atoms with Crippen LogP contribution in [0.4, 0.5) is 19.0 Å². The Balaban J connectivity index is 3.12. The predicted octanol–water partition coefficient (Wildman–Crippen LogP) is 1.82. The van der Waals surface area contributed by atoms with Gasteiger partial charge in [0, 0.05) is 6.07 Å². The van der Waals surface area contributed by atoms with Crippen LogP contribution in [0.3, 0.4) is 0 Å². The summed E-state index contributed by atoms with van der Waals surface area (Å²) in [5, 5.41) is 1.88. The Morgan fingerprint density at radius 1 is 1.39 bits per heavy atom. The maximum Gasteiger partial charge on any atom is 0.433 e. The topological polar surface area (TPSA) is 80.9 Å². The minimum atomic E-state index is -4.65. The van der Waals surface area contributed by atoms with Gasteiger partial charge in [0.25, 0.3) is 0 Å². The van der Waals surface area contributed by atoms with Crippen LogP contribution in [0.5, 0.6) is 0 Å². The van der Waals surface area contributed by atoms with Gasteiger partial charge in [-0.1, -0.05) is 0 Å². The molecular formula is C9H10ClF3N4O. The molecule has 100 valence electrons. The number of nitrogens with one attached hydrogen (secondary N) is 1. The maximum atomic E-state index is 12.5. The van der Waals surface area contributed by atoms with Crippen LogP contribution in [0.2, 0.25) is 5.28 Å². The van der Waals surface area contributed by atoms with Crippen molar-refractivity contribution in [1.82, 2.24) is 9.97 Å². The standard InChI is InChI=1S/C9H10ClF3N4O/c1-8(2,6(14)18)17-5-3-4(9(11,12)13)15-7(10)16-5/h3H,1-2H3,(H2,14,18)(H,15,16,17). The van der Waals surface area contributed by atoms with E-state index in [9.17, 15) is 18.0 Å². The molecule has 0 saturated heterocycles. The highest BCUT2D eigenvalue weighted by Gasteiger charge is 2.34. The Morgan fingerprint density at radius 2 is 1.94 bits per heavy atom. The first-order chi connectivity index (χ1) is 8.02. The lowest BCUT2D eigenvalue weighted by molar-refractivity contribution is -0.141. The van der Waals surface area contributed by atoms with Crippen LogP contribution in [0.25, 0.3) is 0 Å². The molecule has 1 heterocycles. The van der Waals surface area contributed by atoms with Gasteiger partial charge in [0.1, 0.15) is 11.4 Å². The summed E-state index contributed by atoms with van der Waals surface area (Å²) in [6, 6.07) is 0.649. The number of alkyl halides is 3. The molecule has 1 aromatic heterocycles. The van der Waals surface area contributed by atoms with E-state index >= 15 is 0 Å². The lowest BCUT2D eigenvalue weighted by Gasteiger charge is -2.23. The molecule has 5 nitrogen and oxygen atoms in total. The number of carbonyl (C=O) groups is 1. The highest BCUT2D eigenvalue weighted by atomic mass is 35.5. The van der Waals surface area contributed by atoms with Crippen molar-refractivity contribution in [2.24, 2.45) is 5.73 Å². The van der Waals surface area contributed by atoms with Gasteiger partial charge in [-0.3, -0.25) is 4.79 Å². The summed E-state index contributed by atoms with van der Waals surface area (Å²) in [7, 11) is 0. The van der Waals surface area contributed by atoms with Gasteiger partial charge in [-0.2, -0.15) is 13.2 Å². The molecule has 1 amide bonds. The summed E-state index contributed by atoms with van der Waals surface area (Å²) < 4.78 is 37.4. The first-order valence-electron chi connectivity index (χ1n) is 4.72. The zero-order chi connectivity index (χ0) is 14.1. The number of rotatable bonds is 3. The second kappa shape index (κ2) is 4.60. The number of nitrogens with two attached hydrogens (primary N) is 1. The maximum absolute atomic E-state index is 12.5. The van der Waals surface area contributed by atoms with Gasteiger partial charge >= 0.3 is 6.18 Å². The van der Waals surface area contributed by atoms with Gasteiger partial charge < -0.3 is 11.1 Å². The molecule has 1 aromatic rings. The van der Waals surface area contributed by atoms with Crippen LogP contribution in [-0.4, -0.2) is 21.4 Å². The summed E-state index contributed by atoms with van der Waals surface area (Å²) >= 11 is 5.39. The van der Waals surface area contributed by atoms with Crippen LogP contribution >= 0.6 is 11.6 Å². The molecular weight excluding hydrogens is 273 g/mol. The SMILES string of the molecule is CC(C)(Nc1cc(C(F)(F)F)nc(Cl)n1)C(N)=O. The van der Waals surface area contributed by atoms with E-state index in [-0.39, 0.29) is 5.82 Å².